The third-order valence-corrected chi connectivity index (χ3v) is 5.50. The van der Waals surface area contributed by atoms with Crippen molar-refractivity contribution in [3.05, 3.63) is 22.7 Å². The van der Waals surface area contributed by atoms with Crippen LogP contribution in [0.1, 0.15) is 19.4 Å². The summed E-state index contributed by atoms with van der Waals surface area (Å²) in [6, 6.07) is 2.69. The quantitative estimate of drug-likeness (QED) is 0.816. The lowest BCUT2D eigenvalue weighted by Gasteiger charge is -2.26. The minimum atomic E-state index is -3.65. The van der Waals surface area contributed by atoms with Gasteiger partial charge in [0.2, 0.25) is 10.0 Å². The molecule has 0 aliphatic rings. The molecule has 0 aromatic heterocycles. The van der Waals surface area contributed by atoms with E-state index in [4.69, 9.17) is 22.1 Å². The number of nitrogen functional groups attached to an aromatic ring is 1. The first-order valence-electron chi connectivity index (χ1n) is 6.28. The Balaban J connectivity index is 3.26. The van der Waals surface area contributed by atoms with Gasteiger partial charge in [-0.2, -0.15) is 4.31 Å². The van der Waals surface area contributed by atoms with Gasteiger partial charge in [0.05, 0.1) is 11.5 Å². The van der Waals surface area contributed by atoms with Crippen molar-refractivity contribution in [3.63, 3.8) is 0 Å². The van der Waals surface area contributed by atoms with Crippen molar-refractivity contribution >= 4 is 27.3 Å². The van der Waals surface area contributed by atoms with Gasteiger partial charge in [-0.05, 0) is 38.5 Å². The molecule has 0 saturated heterocycles. The van der Waals surface area contributed by atoms with E-state index in [0.717, 1.165) is 0 Å². The summed E-state index contributed by atoms with van der Waals surface area (Å²) in [7, 11) is -2.11. The number of sulfonamides is 1. The number of halogens is 1. The molecule has 0 saturated carbocycles. The van der Waals surface area contributed by atoms with Crippen LogP contribution in [0.25, 0.3) is 0 Å². The Hall–Kier alpha value is -0.820. The van der Waals surface area contributed by atoms with Crippen LogP contribution in [0.15, 0.2) is 17.0 Å². The third-order valence-electron chi connectivity index (χ3n) is 3.06. The van der Waals surface area contributed by atoms with Crippen molar-refractivity contribution < 1.29 is 13.2 Å². The minimum absolute atomic E-state index is 0.107. The van der Waals surface area contributed by atoms with Crippen molar-refractivity contribution in [1.82, 2.24) is 4.31 Å². The Morgan fingerprint density at radius 1 is 1.40 bits per heavy atom. The highest BCUT2D eigenvalue weighted by Gasteiger charge is 2.27. The van der Waals surface area contributed by atoms with Gasteiger partial charge in [-0.1, -0.05) is 11.6 Å². The number of methoxy groups -OCH3 is 1. The van der Waals surface area contributed by atoms with Crippen molar-refractivity contribution in [1.29, 1.82) is 0 Å². The molecule has 1 aromatic carbocycles. The Morgan fingerprint density at radius 3 is 2.45 bits per heavy atom. The number of nitrogens with zero attached hydrogens (tertiary/aromatic N) is 1. The lowest BCUT2D eigenvalue weighted by Crippen LogP contribution is -2.39. The summed E-state index contributed by atoms with van der Waals surface area (Å²) in [6.45, 7) is 5.98. The van der Waals surface area contributed by atoms with E-state index in [1.807, 2.05) is 13.8 Å². The molecule has 1 aromatic rings. The summed E-state index contributed by atoms with van der Waals surface area (Å²) in [6.07, 6.45) is 0. The fourth-order valence-electron chi connectivity index (χ4n) is 1.80. The molecule has 0 unspecified atom stereocenters. The molecular formula is C13H21ClN2O3S. The van der Waals surface area contributed by atoms with E-state index in [0.29, 0.717) is 22.9 Å². The highest BCUT2D eigenvalue weighted by molar-refractivity contribution is 7.89. The lowest BCUT2D eigenvalue weighted by molar-refractivity contribution is 0.171. The molecule has 1 rings (SSSR count). The van der Waals surface area contributed by atoms with Crippen molar-refractivity contribution in [3.8, 4) is 0 Å². The first-order chi connectivity index (χ1) is 9.21. The zero-order chi connectivity index (χ0) is 15.5. The Labute approximate surface area is 125 Å². The van der Waals surface area contributed by atoms with E-state index in [1.54, 1.807) is 6.92 Å². The van der Waals surface area contributed by atoms with E-state index in [9.17, 15) is 8.42 Å². The van der Waals surface area contributed by atoms with Gasteiger partial charge in [-0.15, -0.1) is 0 Å². The average molecular weight is 321 g/mol. The Morgan fingerprint density at radius 2 is 2.00 bits per heavy atom. The number of nitrogens with two attached hydrogens (primary N) is 1. The second kappa shape index (κ2) is 6.76. The number of benzene rings is 1. The van der Waals surface area contributed by atoms with Gasteiger partial charge in [0, 0.05) is 30.4 Å². The van der Waals surface area contributed by atoms with E-state index < -0.39 is 10.0 Å². The second-order valence-corrected chi connectivity index (χ2v) is 7.12. The van der Waals surface area contributed by atoms with Crippen LogP contribution in [0.3, 0.4) is 0 Å². The van der Waals surface area contributed by atoms with Crippen LogP contribution >= 0.6 is 11.6 Å². The molecule has 0 aliphatic carbocycles. The Kier molecular flexibility index (Phi) is 5.82. The Bertz CT molecular complexity index is 550. The van der Waals surface area contributed by atoms with E-state index in [1.165, 1.54) is 23.5 Å². The first kappa shape index (κ1) is 17.2. The average Bonchev–Trinajstić information content (AvgIpc) is 2.35. The fraction of sp³-hybridized carbons (Fsp3) is 0.538. The molecule has 0 spiro atoms. The first-order valence-corrected chi connectivity index (χ1v) is 8.10. The fourth-order valence-corrected chi connectivity index (χ4v) is 3.77. The second-order valence-electron chi connectivity index (χ2n) is 4.82. The standard InChI is InChI=1S/C13H21ClN2O3S/c1-9(2)16(5-6-19-4)20(17,18)11-7-12(14)10(3)13(15)8-11/h7-9H,5-6,15H2,1-4H3. The maximum atomic E-state index is 12.7. The number of hydrogen-bond donors (Lipinski definition) is 1. The van der Waals surface area contributed by atoms with Crippen LogP contribution < -0.4 is 5.73 Å². The van der Waals surface area contributed by atoms with Gasteiger partial charge in [0.1, 0.15) is 0 Å². The SMILES string of the molecule is COCCN(C(C)C)S(=O)(=O)c1cc(N)c(C)c(Cl)c1. The number of ether oxygens (including phenoxy) is 1. The molecule has 0 fully saturated rings. The van der Waals surface area contributed by atoms with Gasteiger partial charge in [0.25, 0.3) is 0 Å². The molecule has 5 nitrogen and oxygen atoms in total. The number of hydrogen-bond acceptors (Lipinski definition) is 4. The lowest BCUT2D eigenvalue weighted by atomic mass is 10.2. The predicted octanol–water partition coefficient (Wildman–Crippen LogP) is 2.28. The molecule has 114 valence electrons. The third kappa shape index (κ3) is 3.63. The van der Waals surface area contributed by atoms with Gasteiger partial charge >= 0.3 is 0 Å². The minimum Gasteiger partial charge on any atom is -0.398 e. The summed E-state index contributed by atoms with van der Waals surface area (Å²) < 4.78 is 31.6. The van der Waals surface area contributed by atoms with Gasteiger partial charge in [-0.3, -0.25) is 0 Å². The highest BCUT2D eigenvalue weighted by Crippen LogP contribution is 2.28. The summed E-state index contributed by atoms with van der Waals surface area (Å²) in [5, 5.41) is 0.346. The largest absolute Gasteiger partial charge is 0.398 e. The van der Waals surface area contributed by atoms with E-state index >= 15 is 0 Å². The summed E-state index contributed by atoms with van der Waals surface area (Å²) >= 11 is 6.03. The molecule has 0 radical (unpaired) electrons. The molecule has 0 bridgehead atoms. The molecule has 0 amide bonds. The van der Waals surface area contributed by atoms with Crippen LogP contribution in [0.5, 0.6) is 0 Å². The van der Waals surface area contributed by atoms with Crippen LogP contribution in [-0.4, -0.2) is 39.0 Å². The molecule has 0 atom stereocenters. The van der Waals surface area contributed by atoms with Crippen LogP contribution in [-0.2, 0) is 14.8 Å². The smallest absolute Gasteiger partial charge is 0.243 e. The number of anilines is 1. The zero-order valence-electron chi connectivity index (χ0n) is 12.2. The van der Waals surface area contributed by atoms with Crippen molar-refractivity contribution in [2.75, 3.05) is 26.0 Å². The number of rotatable bonds is 6. The topological polar surface area (TPSA) is 72.6 Å². The predicted molar refractivity (Wildman–Crippen MR) is 81.5 cm³/mol. The molecule has 20 heavy (non-hydrogen) atoms. The van der Waals surface area contributed by atoms with E-state index in [-0.39, 0.29) is 17.5 Å². The van der Waals surface area contributed by atoms with Crippen molar-refractivity contribution in [2.45, 2.75) is 31.7 Å². The zero-order valence-corrected chi connectivity index (χ0v) is 13.8. The highest BCUT2D eigenvalue weighted by atomic mass is 35.5. The van der Waals surface area contributed by atoms with E-state index in [2.05, 4.69) is 0 Å². The van der Waals surface area contributed by atoms with Crippen LogP contribution in [0.4, 0.5) is 5.69 Å². The van der Waals surface area contributed by atoms with Crippen LogP contribution in [0.2, 0.25) is 5.02 Å². The monoisotopic (exact) mass is 320 g/mol. The molecule has 7 heteroatoms. The maximum absolute atomic E-state index is 12.7. The molecule has 0 heterocycles. The molecule has 2 N–H and O–H groups in total. The maximum Gasteiger partial charge on any atom is 0.243 e. The van der Waals surface area contributed by atoms with Gasteiger partial charge < -0.3 is 10.5 Å². The normalized spacial score (nSPS) is 12.3. The molecular weight excluding hydrogens is 300 g/mol. The summed E-state index contributed by atoms with van der Waals surface area (Å²) in [5.41, 5.74) is 6.85. The van der Waals surface area contributed by atoms with Crippen LogP contribution in [0, 0.1) is 6.92 Å². The summed E-state index contributed by atoms with van der Waals surface area (Å²) in [4.78, 5) is 0.107. The van der Waals surface area contributed by atoms with Crippen molar-refractivity contribution in [2.24, 2.45) is 0 Å². The van der Waals surface area contributed by atoms with Gasteiger partial charge in [-0.25, -0.2) is 8.42 Å². The summed E-state index contributed by atoms with van der Waals surface area (Å²) in [5.74, 6) is 0. The van der Waals surface area contributed by atoms with Gasteiger partial charge in [0.15, 0.2) is 0 Å². The molecule has 0 aliphatic heterocycles.